The Kier molecular flexibility index (Phi) is 5.61. The summed E-state index contributed by atoms with van der Waals surface area (Å²) >= 11 is 12.0. The van der Waals surface area contributed by atoms with E-state index in [0.29, 0.717) is 16.6 Å². The van der Waals surface area contributed by atoms with Gasteiger partial charge in [-0.2, -0.15) is 5.10 Å². The minimum atomic E-state index is -0.786. The molecule has 1 aromatic carbocycles. The first-order valence-corrected chi connectivity index (χ1v) is 8.84. The van der Waals surface area contributed by atoms with Crippen LogP contribution >= 0.6 is 23.2 Å². The highest BCUT2D eigenvalue weighted by atomic mass is 35.5. The Labute approximate surface area is 169 Å². The summed E-state index contributed by atoms with van der Waals surface area (Å²) < 4.78 is 2.79. The summed E-state index contributed by atoms with van der Waals surface area (Å²) in [6.07, 6.45) is 2.57. The Bertz CT molecular complexity index is 1050. The maximum absolute atomic E-state index is 12.4. The van der Waals surface area contributed by atoms with Gasteiger partial charge in [-0.25, -0.2) is 9.67 Å². The molecule has 3 rings (SSSR count). The third-order valence-electron chi connectivity index (χ3n) is 4.08. The van der Waals surface area contributed by atoms with Gasteiger partial charge >= 0.3 is 5.69 Å². The zero-order valence-corrected chi connectivity index (χ0v) is 16.3. The van der Waals surface area contributed by atoms with Gasteiger partial charge in [0.1, 0.15) is 24.3 Å². The number of hydrogen-bond acceptors (Lipinski definition) is 6. The molecular weight excluding hydrogens is 409 g/mol. The molecule has 0 saturated carbocycles. The lowest BCUT2D eigenvalue weighted by molar-refractivity contribution is -0.385. The zero-order valence-electron chi connectivity index (χ0n) is 14.8. The molecule has 1 atom stereocenters. The second-order valence-electron chi connectivity index (χ2n) is 5.98. The fourth-order valence-corrected chi connectivity index (χ4v) is 3.03. The molecule has 0 spiro atoms. The molecule has 1 N–H and O–H groups in total. The van der Waals surface area contributed by atoms with E-state index < -0.39 is 16.9 Å². The summed E-state index contributed by atoms with van der Waals surface area (Å²) in [5.74, 6) is -0.357. The SMILES string of the molecule is Cc1c([N+](=O)[O-])cnn1C(C)C(=O)Nc1ncn(Cc2ccc(Cl)cc2Cl)n1. The summed E-state index contributed by atoms with van der Waals surface area (Å²) in [5, 5.41) is 22.6. The monoisotopic (exact) mass is 423 g/mol. The third-order valence-corrected chi connectivity index (χ3v) is 4.67. The molecule has 1 amide bonds. The molecule has 146 valence electrons. The quantitative estimate of drug-likeness (QED) is 0.479. The summed E-state index contributed by atoms with van der Waals surface area (Å²) in [6.45, 7) is 3.44. The molecule has 0 aliphatic heterocycles. The minimum Gasteiger partial charge on any atom is -0.291 e. The summed E-state index contributed by atoms with van der Waals surface area (Å²) in [7, 11) is 0. The van der Waals surface area contributed by atoms with Crippen molar-refractivity contribution in [3.8, 4) is 0 Å². The Balaban J connectivity index is 1.69. The molecular formula is C16H15Cl2N7O3. The molecule has 28 heavy (non-hydrogen) atoms. The molecule has 3 aromatic rings. The van der Waals surface area contributed by atoms with Crippen LogP contribution in [0.15, 0.2) is 30.7 Å². The predicted octanol–water partition coefficient (Wildman–Crippen LogP) is 3.25. The number of aromatic nitrogens is 5. The standard InChI is InChI=1S/C16H15Cl2N7O3/c1-9-14(25(27)28)6-20-24(9)10(2)15(26)21-16-19-8-23(22-16)7-11-3-4-12(17)5-13(11)18/h3-6,8,10H,7H2,1-2H3,(H,21,22,26). The van der Waals surface area contributed by atoms with E-state index in [2.05, 4.69) is 20.5 Å². The highest BCUT2D eigenvalue weighted by molar-refractivity contribution is 6.35. The number of benzene rings is 1. The van der Waals surface area contributed by atoms with Gasteiger partial charge in [-0.15, -0.1) is 5.10 Å². The van der Waals surface area contributed by atoms with Gasteiger partial charge in [0.05, 0.1) is 11.5 Å². The van der Waals surface area contributed by atoms with Crippen LogP contribution in [0.5, 0.6) is 0 Å². The van der Waals surface area contributed by atoms with Crippen molar-refractivity contribution < 1.29 is 9.72 Å². The molecule has 0 aliphatic carbocycles. The zero-order chi connectivity index (χ0) is 20.4. The second kappa shape index (κ2) is 7.95. The molecule has 0 aliphatic rings. The van der Waals surface area contributed by atoms with Crippen molar-refractivity contribution in [1.82, 2.24) is 24.5 Å². The van der Waals surface area contributed by atoms with Crippen LogP contribution < -0.4 is 5.32 Å². The van der Waals surface area contributed by atoms with E-state index in [1.807, 2.05) is 0 Å². The van der Waals surface area contributed by atoms with Crippen LogP contribution in [0, 0.1) is 17.0 Å². The number of nitrogens with zero attached hydrogens (tertiary/aromatic N) is 6. The van der Waals surface area contributed by atoms with Crippen molar-refractivity contribution in [2.75, 3.05) is 5.32 Å². The first kappa shape index (κ1) is 19.8. The van der Waals surface area contributed by atoms with Crippen LogP contribution in [-0.2, 0) is 11.3 Å². The third kappa shape index (κ3) is 4.12. The average Bonchev–Trinajstić information content (AvgIpc) is 3.23. The molecule has 0 bridgehead atoms. The minimum absolute atomic E-state index is 0.0984. The number of nitro groups is 1. The Morgan fingerprint density at radius 2 is 2.14 bits per heavy atom. The van der Waals surface area contributed by atoms with E-state index in [9.17, 15) is 14.9 Å². The Morgan fingerprint density at radius 1 is 1.39 bits per heavy atom. The van der Waals surface area contributed by atoms with E-state index >= 15 is 0 Å². The van der Waals surface area contributed by atoms with Crippen LogP contribution in [0.4, 0.5) is 11.6 Å². The first-order chi connectivity index (χ1) is 13.3. The normalized spacial score (nSPS) is 12.0. The number of anilines is 1. The molecule has 10 nitrogen and oxygen atoms in total. The van der Waals surface area contributed by atoms with Crippen LogP contribution in [-0.4, -0.2) is 35.4 Å². The van der Waals surface area contributed by atoms with Gasteiger partial charge in [0, 0.05) is 10.0 Å². The van der Waals surface area contributed by atoms with Crippen molar-refractivity contribution in [2.45, 2.75) is 26.4 Å². The maximum Gasteiger partial charge on any atom is 0.309 e. The van der Waals surface area contributed by atoms with Gasteiger partial charge in [0.25, 0.3) is 5.91 Å². The average molecular weight is 424 g/mol. The van der Waals surface area contributed by atoms with E-state index in [1.165, 1.54) is 22.6 Å². The predicted molar refractivity (Wildman–Crippen MR) is 103 cm³/mol. The first-order valence-electron chi connectivity index (χ1n) is 8.09. The van der Waals surface area contributed by atoms with E-state index in [1.54, 1.807) is 25.1 Å². The second-order valence-corrected chi connectivity index (χ2v) is 6.83. The molecule has 2 aromatic heterocycles. The van der Waals surface area contributed by atoms with E-state index in [0.717, 1.165) is 11.8 Å². The van der Waals surface area contributed by atoms with E-state index in [4.69, 9.17) is 23.2 Å². The van der Waals surface area contributed by atoms with Crippen LogP contribution in [0.2, 0.25) is 10.0 Å². The highest BCUT2D eigenvalue weighted by Crippen LogP contribution is 2.22. The van der Waals surface area contributed by atoms with E-state index in [-0.39, 0.29) is 17.3 Å². The number of rotatable bonds is 6. The number of nitrogens with one attached hydrogen (secondary N) is 1. The van der Waals surface area contributed by atoms with Gasteiger partial charge in [-0.3, -0.25) is 24.9 Å². The number of hydrogen-bond donors (Lipinski definition) is 1. The van der Waals surface area contributed by atoms with Crippen molar-refractivity contribution in [3.63, 3.8) is 0 Å². The lowest BCUT2D eigenvalue weighted by atomic mass is 10.2. The van der Waals surface area contributed by atoms with Crippen molar-refractivity contribution in [3.05, 3.63) is 62.1 Å². The smallest absolute Gasteiger partial charge is 0.291 e. The molecule has 0 saturated heterocycles. The van der Waals surface area contributed by atoms with Crippen molar-refractivity contribution in [1.29, 1.82) is 0 Å². The fraction of sp³-hybridized carbons (Fsp3) is 0.250. The highest BCUT2D eigenvalue weighted by Gasteiger charge is 2.24. The van der Waals surface area contributed by atoms with Gasteiger partial charge in [0.2, 0.25) is 5.95 Å². The Morgan fingerprint density at radius 3 is 2.79 bits per heavy atom. The molecule has 0 radical (unpaired) electrons. The van der Waals surface area contributed by atoms with Gasteiger partial charge in [-0.1, -0.05) is 29.3 Å². The summed E-state index contributed by atoms with van der Waals surface area (Å²) in [4.78, 5) is 26.9. The molecule has 2 heterocycles. The fourth-order valence-electron chi connectivity index (χ4n) is 2.56. The summed E-state index contributed by atoms with van der Waals surface area (Å²) in [5.41, 5.74) is 0.923. The molecule has 12 heteroatoms. The largest absolute Gasteiger partial charge is 0.309 e. The summed E-state index contributed by atoms with van der Waals surface area (Å²) in [6, 6.07) is 4.34. The number of halogens is 2. The van der Waals surface area contributed by atoms with Crippen LogP contribution in [0.25, 0.3) is 0 Å². The maximum atomic E-state index is 12.4. The van der Waals surface area contributed by atoms with Crippen LogP contribution in [0.1, 0.15) is 24.2 Å². The van der Waals surface area contributed by atoms with Gasteiger partial charge < -0.3 is 0 Å². The molecule has 0 fully saturated rings. The van der Waals surface area contributed by atoms with Crippen molar-refractivity contribution >= 4 is 40.7 Å². The number of carbonyl (C=O) groups is 1. The lowest BCUT2D eigenvalue weighted by Gasteiger charge is -2.12. The molecule has 1 unspecified atom stereocenters. The number of carbonyl (C=O) groups excluding carboxylic acids is 1. The number of amides is 1. The van der Waals surface area contributed by atoms with Gasteiger partial charge in [0.15, 0.2) is 0 Å². The van der Waals surface area contributed by atoms with Crippen molar-refractivity contribution in [2.24, 2.45) is 0 Å². The van der Waals surface area contributed by atoms with Gasteiger partial charge in [-0.05, 0) is 31.5 Å². The lowest BCUT2D eigenvalue weighted by Crippen LogP contribution is -2.25. The van der Waals surface area contributed by atoms with Crippen LogP contribution in [0.3, 0.4) is 0 Å². The Hall–Kier alpha value is -2.98. The topological polar surface area (TPSA) is 121 Å².